The van der Waals surface area contributed by atoms with Crippen LogP contribution in [0.3, 0.4) is 0 Å². The second kappa shape index (κ2) is 6.27. The number of thioether (sulfide) groups is 1. The number of hydrogen-bond donors (Lipinski definition) is 2. The van der Waals surface area contributed by atoms with Crippen LogP contribution in [0.5, 0.6) is 0 Å². The summed E-state index contributed by atoms with van der Waals surface area (Å²) in [6.07, 6.45) is 2.04. The molecule has 1 saturated heterocycles. The molecule has 5 heteroatoms. The van der Waals surface area contributed by atoms with E-state index in [0.29, 0.717) is 18.5 Å². The van der Waals surface area contributed by atoms with Gasteiger partial charge in [0.15, 0.2) is 0 Å². The quantitative estimate of drug-likeness (QED) is 0.688. The molecule has 82 valence electrons. The highest BCUT2D eigenvalue weighted by atomic mass is 32.2. The van der Waals surface area contributed by atoms with Crippen LogP contribution in [-0.2, 0) is 9.53 Å². The topological polar surface area (TPSA) is 50.4 Å². The lowest BCUT2D eigenvalue weighted by atomic mass is 10.2. The Labute approximate surface area is 89.2 Å². The zero-order chi connectivity index (χ0) is 10.4. The van der Waals surface area contributed by atoms with Crippen molar-refractivity contribution in [1.82, 2.24) is 10.6 Å². The van der Waals surface area contributed by atoms with Gasteiger partial charge >= 0.3 is 0 Å². The Hall–Kier alpha value is -0.260. The lowest BCUT2D eigenvalue weighted by molar-refractivity contribution is -0.125. The molecule has 2 unspecified atom stereocenters. The van der Waals surface area contributed by atoms with Gasteiger partial charge in [-0.3, -0.25) is 4.79 Å². The summed E-state index contributed by atoms with van der Waals surface area (Å²) >= 11 is 1.75. The van der Waals surface area contributed by atoms with Crippen molar-refractivity contribution >= 4 is 17.7 Å². The van der Waals surface area contributed by atoms with E-state index in [2.05, 4.69) is 17.6 Å². The van der Waals surface area contributed by atoms with E-state index in [1.54, 1.807) is 11.8 Å². The van der Waals surface area contributed by atoms with Gasteiger partial charge in [0.1, 0.15) is 6.04 Å². The minimum atomic E-state index is -0.169. The zero-order valence-electron chi connectivity index (χ0n) is 8.71. The van der Waals surface area contributed by atoms with Crippen molar-refractivity contribution in [2.75, 3.05) is 32.6 Å². The van der Waals surface area contributed by atoms with E-state index in [1.165, 1.54) is 0 Å². The van der Waals surface area contributed by atoms with Gasteiger partial charge < -0.3 is 15.4 Å². The molecule has 1 aliphatic heterocycles. The van der Waals surface area contributed by atoms with Gasteiger partial charge in [0.2, 0.25) is 5.91 Å². The van der Waals surface area contributed by atoms with Crippen LogP contribution in [0.2, 0.25) is 0 Å². The summed E-state index contributed by atoms with van der Waals surface area (Å²) in [4.78, 5) is 11.6. The van der Waals surface area contributed by atoms with Gasteiger partial charge in [-0.25, -0.2) is 0 Å². The molecule has 0 radical (unpaired) electrons. The molecule has 0 aromatic heterocycles. The predicted molar refractivity (Wildman–Crippen MR) is 58.6 cm³/mol. The summed E-state index contributed by atoms with van der Waals surface area (Å²) in [7, 11) is 0. The first-order valence-electron chi connectivity index (χ1n) is 4.85. The maximum atomic E-state index is 11.6. The first-order chi connectivity index (χ1) is 6.74. The lowest BCUT2D eigenvalue weighted by Crippen LogP contribution is -2.51. The third-order valence-electron chi connectivity index (χ3n) is 2.20. The van der Waals surface area contributed by atoms with Gasteiger partial charge in [-0.2, -0.15) is 11.8 Å². The Bertz CT molecular complexity index is 184. The summed E-state index contributed by atoms with van der Waals surface area (Å²) in [6, 6.07) is -0.169. The third kappa shape index (κ3) is 3.86. The normalized spacial score (nSPS) is 24.3. The molecule has 4 nitrogen and oxygen atoms in total. The van der Waals surface area contributed by atoms with E-state index in [4.69, 9.17) is 4.74 Å². The van der Waals surface area contributed by atoms with Crippen LogP contribution in [0.4, 0.5) is 0 Å². The molecule has 0 saturated carbocycles. The number of carbonyl (C=O) groups is 1. The van der Waals surface area contributed by atoms with Crippen molar-refractivity contribution < 1.29 is 9.53 Å². The molecule has 1 amide bonds. The minimum absolute atomic E-state index is 0.0469. The average molecular weight is 218 g/mol. The molecule has 0 aliphatic carbocycles. The van der Waals surface area contributed by atoms with Gasteiger partial charge in [-0.1, -0.05) is 6.92 Å². The standard InChI is InChI=1S/C9H18N2O2S/c1-7(14-2)5-11-9(12)8-6-13-4-3-10-8/h7-8,10H,3-6H2,1-2H3,(H,11,12). The van der Waals surface area contributed by atoms with Crippen LogP contribution in [-0.4, -0.2) is 49.8 Å². The van der Waals surface area contributed by atoms with Gasteiger partial charge in [0, 0.05) is 18.3 Å². The zero-order valence-corrected chi connectivity index (χ0v) is 9.52. The van der Waals surface area contributed by atoms with E-state index in [0.717, 1.165) is 13.1 Å². The highest BCUT2D eigenvalue weighted by molar-refractivity contribution is 7.99. The van der Waals surface area contributed by atoms with E-state index in [1.807, 2.05) is 6.26 Å². The maximum Gasteiger partial charge on any atom is 0.239 e. The summed E-state index contributed by atoms with van der Waals surface area (Å²) < 4.78 is 5.21. The minimum Gasteiger partial charge on any atom is -0.378 e. The van der Waals surface area contributed by atoms with E-state index >= 15 is 0 Å². The Morgan fingerprint density at radius 3 is 3.14 bits per heavy atom. The second-order valence-corrected chi connectivity index (χ2v) is 4.65. The Kier molecular flexibility index (Phi) is 5.29. The fraction of sp³-hybridized carbons (Fsp3) is 0.889. The molecule has 1 aliphatic rings. The van der Waals surface area contributed by atoms with Crippen LogP contribution in [0, 0.1) is 0 Å². The van der Waals surface area contributed by atoms with Crippen molar-refractivity contribution in [2.45, 2.75) is 18.2 Å². The third-order valence-corrected chi connectivity index (χ3v) is 3.18. The van der Waals surface area contributed by atoms with Crippen LogP contribution in [0.1, 0.15) is 6.92 Å². The van der Waals surface area contributed by atoms with E-state index < -0.39 is 0 Å². The Balaban J connectivity index is 2.19. The first-order valence-corrected chi connectivity index (χ1v) is 6.14. The van der Waals surface area contributed by atoms with Crippen LogP contribution < -0.4 is 10.6 Å². The Morgan fingerprint density at radius 1 is 1.79 bits per heavy atom. The molecule has 2 atom stereocenters. The van der Waals surface area contributed by atoms with Crippen molar-refractivity contribution in [3.05, 3.63) is 0 Å². The fourth-order valence-electron chi connectivity index (χ4n) is 1.18. The molecule has 0 spiro atoms. The number of carbonyl (C=O) groups excluding carboxylic acids is 1. The molecule has 0 bridgehead atoms. The number of ether oxygens (including phenoxy) is 1. The molecular formula is C9H18N2O2S. The molecule has 0 aromatic carbocycles. The molecule has 1 heterocycles. The number of amides is 1. The van der Waals surface area contributed by atoms with Crippen molar-refractivity contribution in [3.63, 3.8) is 0 Å². The largest absolute Gasteiger partial charge is 0.378 e. The van der Waals surface area contributed by atoms with Crippen LogP contribution in [0.15, 0.2) is 0 Å². The van der Waals surface area contributed by atoms with Crippen molar-refractivity contribution in [3.8, 4) is 0 Å². The molecule has 1 rings (SSSR count). The highest BCUT2D eigenvalue weighted by Gasteiger charge is 2.20. The highest BCUT2D eigenvalue weighted by Crippen LogP contribution is 2.02. The SMILES string of the molecule is CSC(C)CNC(=O)C1COCCN1. The predicted octanol–water partition coefficient (Wildman–Crippen LogP) is -0.157. The summed E-state index contributed by atoms with van der Waals surface area (Å²) in [5.41, 5.74) is 0. The molecule has 0 aromatic rings. The van der Waals surface area contributed by atoms with Crippen molar-refractivity contribution in [2.24, 2.45) is 0 Å². The molecule has 1 fully saturated rings. The lowest BCUT2D eigenvalue weighted by Gasteiger charge is -2.23. The van der Waals surface area contributed by atoms with Crippen LogP contribution >= 0.6 is 11.8 Å². The van der Waals surface area contributed by atoms with E-state index in [-0.39, 0.29) is 11.9 Å². The number of rotatable bonds is 4. The van der Waals surface area contributed by atoms with Gasteiger partial charge in [-0.05, 0) is 6.26 Å². The number of hydrogen-bond acceptors (Lipinski definition) is 4. The Morgan fingerprint density at radius 2 is 2.57 bits per heavy atom. The van der Waals surface area contributed by atoms with Crippen molar-refractivity contribution in [1.29, 1.82) is 0 Å². The van der Waals surface area contributed by atoms with Gasteiger partial charge in [-0.15, -0.1) is 0 Å². The maximum absolute atomic E-state index is 11.6. The summed E-state index contributed by atoms with van der Waals surface area (Å²) in [5, 5.41) is 6.48. The first kappa shape index (κ1) is 11.8. The monoisotopic (exact) mass is 218 g/mol. The fourth-order valence-corrected chi connectivity index (χ4v) is 1.43. The number of nitrogens with one attached hydrogen (secondary N) is 2. The molecule has 14 heavy (non-hydrogen) atoms. The average Bonchev–Trinajstić information content (AvgIpc) is 2.26. The number of morpholine rings is 1. The summed E-state index contributed by atoms with van der Waals surface area (Å²) in [6.45, 7) is 4.76. The summed E-state index contributed by atoms with van der Waals surface area (Å²) in [5.74, 6) is 0.0469. The molecule has 2 N–H and O–H groups in total. The van der Waals surface area contributed by atoms with E-state index in [9.17, 15) is 4.79 Å². The van der Waals surface area contributed by atoms with Gasteiger partial charge in [0.25, 0.3) is 0 Å². The van der Waals surface area contributed by atoms with Gasteiger partial charge in [0.05, 0.1) is 13.2 Å². The molecular weight excluding hydrogens is 200 g/mol. The smallest absolute Gasteiger partial charge is 0.239 e. The second-order valence-electron chi connectivity index (χ2n) is 3.37. The van der Waals surface area contributed by atoms with Crippen LogP contribution in [0.25, 0.3) is 0 Å².